The fourth-order valence-corrected chi connectivity index (χ4v) is 3.03. The molecule has 0 aliphatic carbocycles. The van der Waals surface area contributed by atoms with E-state index in [1.807, 2.05) is 78.9 Å². The van der Waals surface area contributed by atoms with Gasteiger partial charge in [-0.15, -0.1) is 0 Å². The predicted molar refractivity (Wildman–Crippen MR) is 104 cm³/mol. The quantitative estimate of drug-likeness (QED) is 0.491. The summed E-state index contributed by atoms with van der Waals surface area (Å²) in [5, 5.41) is 0.973. The third kappa shape index (κ3) is 3.52. The van der Waals surface area contributed by atoms with Crippen LogP contribution >= 0.6 is 0 Å². The third-order valence-corrected chi connectivity index (χ3v) is 4.43. The Balaban J connectivity index is 1.41. The summed E-state index contributed by atoms with van der Waals surface area (Å²) in [6, 6.07) is 25.7. The molecule has 0 aliphatic rings. The maximum atomic E-state index is 12.6. The van der Waals surface area contributed by atoms with Crippen molar-refractivity contribution in [2.45, 2.75) is 13.0 Å². The minimum Gasteiger partial charge on any atom is -0.489 e. The predicted octanol–water partition coefficient (Wildman–Crippen LogP) is 5.17. The van der Waals surface area contributed by atoms with Crippen LogP contribution in [0.1, 0.15) is 21.5 Å². The highest BCUT2D eigenvalue weighted by atomic mass is 16.5. The summed E-state index contributed by atoms with van der Waals surface area (Å²) in [5.74, 6) is 0.914. The molecule has 0 spiro atoms. The minimum atomic E-state index is 0.111. The van der Waals surface area contributed by atoms with Gasteiger partial charge in [-0.25, -0.2) is 0 Å². The van der Waals surface area contributed by atoms with E-state index in [4.69, 9.17) is 4.74 Å². The van der Waals surface area contributed by atoms with Gasteiger partial charge in [-0.05, 0) is 29.3 Å². The number of ether oxygens (including phenoxy) is 1. The van der Waals surface area contributed by atoms with E-state index in [9.17, 15) is 4.79 Å². The number of ketones is 1. The van der Waals surface area contributed by atoms with Crippen LogP contribution in [0.2, 0.25) is 0 Å². The number of nitrogens with one attached hydrogen (secondary N) is 1. The van der Waals surface area contributed by atoms with E-state index < -0.39 is 0 Å². The highest BCUT2D eigenvalue weighted by Crippen LogP contribution is 2.21. The molecule has 0 radical (unpaired) electrons. The van der Waals surface area contributed by atoms with Gasteiger partial charge >= 0.3 is 0 Å². The van der Waals surface area contributed by atoms with Crippen molar-refractivity contribution in [3.8, 4) is 5.75 Å². The van der Waals surface area contributed by atoms with Crippen molar-refractivity contribution in [1.82, 2.24) is 4.98 Å². The van der Waals surface area contributed by atoms with Gasteiger partial charge in [-0.1, -0.05) is 60.7 Å². The van der Waals surface area contributed by atoms with Crippen LogP contribution in [0.5, 0.6) is 5.75 Å². The minimum absolute atomic E-state index is 0.111. The molecule has 128 valence electrons. The van der Waals surface area contributed by atoms with Crippen LogP contribution in [0.25, 0.3) is 10.9 Å². The number of Topliss-reactive ketones (excluding diaryl/α,β-unsaturated/α-hetero) is 1. The van der Waals surface area contributed by atoms with Crippen LogP contribution in [-0.2, 0) is 13.0 Å². The highest BCUT2D eigenvalue weighted by molar-refractivity contribution is 6.08. The van der Waals surface area contributed by atoms with E-state index in [1.54, 1.807) is 6.20 Å². The van der Waals surface area contributed by atoms with E-state index in [2.05, 4.69) is 4.98 Å². The second kappa shape index (κ2) is 7.28. The topological polar surface area (TPSA) is 42.1 Å². The van der Waals surface area contributed by atoms with Crippen molar-refractivity contribution in [2.24, 2.45) is 0 Å². The first-order chi connectivity index (χ1) is 12.8. The Morgan fingerprint density at radius 3 is 2.35 bits per heavy atom. The lowest BCUT2D eigenvalue weighted by Crippen LogP contribution is -2.03. The second-order valence-corrected chi connectivity index (χ2v) is 6.27. The number of fused-ring (bicyclic) bond motifs is 1. The fraction of sp³-hybridized carbons (Fsp3) is 0.0870. The molecule has 4 rings (SSSR count). The van der Waals surface area contributed by atoms with Crippen LogP contribution in [-0.4, -0.2) is 10.8 Å². The Morgan fingerprint density at radius 1 is 0.808 bits per heavy atom. The molecule has 26 heavy (non-hydrogen) atoms. The van der Waals surface area contributed by atoms with Crippen LogP contribution in [0.3, 0.4) is 0 Å². The summed E-state index contributed by atoms with van der Waals surface area (Å²) < 4.78 is 5.79. The van der Waals surface area contributed by atoms with Gasteiger partial charge in [0, 0.05) is 29.1 Å². The van der Waals surface area contributed by atoms with E-state index in [-0.39, 0.29) is 5.78 Å². The zero-order valence-corrected chi connectivity index (χ0v) is 14.3. The first kappa shape index (κ1) is 16.2. The van der Waals surface area contributed by atoms with Crippen LogP contribution in [0.15, 0.2) is 85.1 Å². The normalized spacial score (nSPS) is 10.8. The number of aromatic nitrogens is 1. The number of hydrogen-bond donors (Lipinski definition) is 1. The lowest BCUT2D eigenvalue weighted by molar-refractivity contribution is 0.0994. The molecule has 3 heteroatoms. The maximum absolute atomic E-state index is 12.6. The van der Waals surface area contributed by atoms with Gasteiger partial charge in [0.2, 0.25) is 0 Å². The Hall–Kier alpha value is -3.33. The Morgan fingerprint density at radius 2 is 1.54 bits per heavy atom. The van der Waals surface area contributed by atoms with Gasteiger partial charge < -0.3 is 9.72 Å². The van der Waals surface area contributed by atoms with Gasteiger partial charge in [-0.2, -0.15) is 0 Å². The molecule has 3 nitrogen and oxygen atoms in total. The number of aromatic amines is 1. The molecule has 0 bridgehead atoms. The van der Waals surface area contributed by atoms with Gasteiger partial charge in [0.1, 0.15) is 12.4 Å². The number of carbonyl (C=O) groups excluding carboxylic acids is 1. The molecule has 1 heterocycles. The first-order valence-corrected chi connectivity index (χ1v) is 8.64. The van der Waals surface area contributed by atoms with Crippen LogP contribution in [0, 0.1) is 0 Å². The Bertz CT molecular complexity index is 1020. The molecule has 4 aromatic rings. The summed E-state index contributed by atoms with van der Waals surface area (Å²) in [5.41, 5.74) is 3.84. The van der Waals surface area contributed by atoms with Gasteiger partial charge in [0.25, 0.3) is 0 Å². The van der Waals surface area contributed by atoms with Gasteiger partial charge in [0.05, 0.1) is 0 Å². The lowest BCUT2D eigenvalue weighted by atomic mass is 10.0. The van der Waals surface area contributed by atoms with E-state index >= 15 is 0 Å². The van der Waals surface area contributed by atoms with Crippen molar-refractivity contribution >= 4 is 16.7 Å². The average Bonchev–Trinajstić information content (AvgIpc) is 3.12. The first-order valence-electron chi connectivity index (χ1n) is 8.64. The molecule has 0 fully saturated rings. The highest BCUT2D eigenvalue weighted by Gasteiger charge is 2.12. The fourth-order valence-electron chi connectivity index (χ4n) is 3.03. The SMILES string of the molecule is O=C(Cc1ccc(OCc2ccccc2)cc1)c1c[nH]c2ccccc12. The second-order valence-electron chi connectivity index (χ2n) is 6.27. The average molecular weight is 341 g/mol. The summed E-state index contributed by atoms with van der Waals surface area (Å²) in [4.78, 5) is 15.8. The van der Waals surface area contributed by atoms with Crippen molar-refractivity contribution in [3.63, 3.8) is 0 Å². The van der Waals surface area contributed by atoms with Gasteiger partial charge in [-0.3, -0.25) is 4.79 Å². The molecule has 3 aromatic carbocycles. The van der Waals surface area contributed by atoms with Crippen molar-refractivity contribution in [2.75, 3.05) is 0 Å². The molecule has 0 amide bonds. The Labute approximate surface area is 152 Å². The largest absolute Gasteiger partial charge is 0.489 e. The molecule has 0 saturated carbocycles. The van der Waals surface area contributed by atoms with E-state index in [0.29, 0.717) is 13.0 Å². The Kier molecular flexibility index (Phi) is 4.52. The molecule has 0 saturated heterocycles. The molecular weight excluding hydrogens is 322 g/mol. The van der Waals surface area contributed by atoms with Gasteiger partial charge in [0.15, 0.2) is 5.78 Å². The zero-order valence-electron chi connectivity index (χ0n) is 14.3. The van der Waals surface area contributed by atoms with Crippen LogP contribution < -0.4 is 4.74 Å². The molecule has 1 aromatic heterocycles. The van der Waals surface area contributed by atoms with Crippen molar-refractivity contribution < 1.29 is 9.53 Å². The molecule has 0 aliphatic heterocycles. The number of carbonyl (C=O) groups is 1. The third-order valence-electron chi connectivity index (χ3n) is 4.43. The number of H-pyrrole nitrogens is 1. The number of para-hydroxylation sites is 1. The molecular formula is C23H19NO2. The van der Waals surface area contributed by atoms with Crippen molar-refractivity contribution in [3.05, 3.63) is 102 Å². The lowest BCUT2D eigenvalue weighted by Gasteiger charge is -2.07. The molecule has 1 N–H and O–H groups in total. The molecule has 0 unspecified atom stereocenters. The summed E-state index contributed by atoms with van der Waals surface area (Å²) in [7, 11) is 0. The number of hydrogen-bond acceptors (Lipinski definition) is 2. The molecule has 0 atom stereocenters. The zero-order chi connectivity index (χ0) is 17.8. The number of benzene rings is 3. The van der Waals surface area contributed by atoms with E-state index in [1.165, 1.54) is 0 Å². The monoisotopic (exact) mass is 341 g/mol. The van der Waals surface area contributed by atoms with E-state index in [0.717, 1.165) is 33.3 Å². The van der Waals surface area contributed by atoms with Crippen molar-refractivity contribution in [1.29, 1.82) is 0 Å². The summed E-state index contributed by atoms with van der Waals surface area (Å²) in [6.07, 6.45) is 2.17. The summed E-state index contributed by atoms with van der Waals surface area (Å²) in [6.45, 7) is 0.536. The standard InChI is InChI=1S/C23H19NO2/c25-23(21-15-24-22-9-5-4-8-20(21)22)14-17-10-12-19(13-11-17)26-16-18-6-2-1-3-7-18/h1-13,15,24H,14,16H2. The van der Waals surface area contributed by atoms with Crippen LogP contribution in [0.4, 0.5) is 0 Å². The summed E-state index contributed by atoms with van der Waals surface area (Å²) >= 11 is 0. The number of rotatable bonds is 6. The smallest absolute Gasteiger partial charge is 0.169 e. The maximum Gasteiger partial charge on any atom is 0.169 e.